The van der Waals surface area contributed by atoms with E-state index in [-0.39, 0.29) is 30.9 Å². The van der Waals surface area contributed by atoms with Crippen molar-refractivity contribution in [2.75, 3.05) is 6.61 Å². The standard InChI is InChI=1S/C33H34N2O5/c1-22(2)26-13-9-25(10-14-26)20-34-30(36)16-11-24-8-15-27-19-29-33(28(27)18-24)35(31(37)21-39-29)40-32(38)17-12-23-6-4-3-5-7-23/h3-10,13-15,18,29,33H,1,11-12,16-17,19-21H2,2H3,(H,34,36)/t29-,33+/m0/s1. The first-order valence-electron chi connectivity index (χ1n) is 13.7. The normalized spacial score (nSPS) is 17.6. The van der Waals surface area contributed by atoms with Gasteiger partial charge in [-0.3, -0.25) is 9.59 Å². The Kier molecular flexibility index (Phi) is 8.41. The van der Waals surface area contributed by atoms with Crippen LogP contribution in [-0.4, -0.2) is 35.6 Å². The first kappa shape index (κ1) is 27.3. The van der Waals surface area contributed by atoms with Gasteiger partial charge in [-0.05, 0) is 53.1 Å². The molecule has 0 aromatic heterocycles. The summed E-state index contributed by atoms with van der Waals surface area (Å²) in [6, 6.07) is 23.2. The van der Waals surface area contributed by atoms with Crippen LogP contribution in [0.1, 0.15) is 59.2 Å². The molecule has 0 saturated carbocycles. The van der Waals surface area contributed by atoms with Crippen molar-refractivity contribution >= 4 is 23.4 Å². The molecule has 0 spiro atoms. The molecule has 1 fully saturated rings. The molecule has 1 saturated heterocycles. The summed E-state index contributed by atoms with van der Waals surface area (Å²) >= 11 is 0. The lowest BCUT2D eigenvalue weighted by molar-refractivity contribution is -0.233. The summed E-state index contributed by atoms with van der Waals surface area (Å²) in [5.41, 5.74) is 7.09. The third kappa shape index (κ3) is 6.49. The van der Waals surface area contributed by atoms with Crippen molar-refractivity contribution < 1.29 is 24.0 Å². The Labute approximate surface area is 234 Å². The first-order valence-corrected chi connectivity index (χ1v) is 13.7. The second kappa shape index (κ2) is 12.3. The Hall–Kier alpha value is -4.23. The largest absolute Gasteiger partial charge is 0.365 e. The number of hydroxylamine groups is 2. The van der Waals surface area contributed by atoms with Crippen LogP contribution in [0.2, 0.25) is 0 Å². The molecule has 206 valence electrons. The molecule has 0 bridgehead atoms. The fraction of sp³-hybridized carbons (Fsp3) is 0.303. The van der Waals surface area contributed by atoms with E-state index in [0.29, 0.717) is 32.2 Å². The van der Waals surface area contributed by atoms with Gasteiger partial charge in [0.05, 0.1) is 12.5 Å². The van der Waals surface area contributed by atoms with E-state index in [0.717, 1.165) is 39.0 Å². The highest BCUT2D eigenvalue weighted by Gasteiger charge is 2.45. The van der Waals surface area contributed by atoms with Gasteiger partial charge in [0.1, 0.15) is 12.6 Å². The molecule has 0 unspecified atom stereocenters. The summed E-state index contributed by atoms with van der Waals surface area (Å²) < 4.78 is 5.82. The van der Waals surface area contributed by atoms with Crippen molar-refractivity contribution in [3.05, 3.63) is 113 Å². The Morgan fingerprint density at radius 2 is 1.70 bits per heavy atom. The maximum Gasteiger partial charge on any atom is 0.332 e. The fourth-order valence-electron chi connectivity index (χ4n) is 5.22. The number of aryl methyl sites for hydroxylation is 2. The summed E-state index contributed by atoms with van der Waals surface area (Å²) in [4.78, 5) is 43.6. The van der Waals surface area contributed by atoms with Crippen LogP contribution >= 0.6 is 0 Å². The van der Waals surface area contributed by atoms with Crippen LogP contribution in [-0.2, 0) is 49.8 Å². The third-order valence-electron chi connectivity index (χ3n) is 7.46. The quantitative estimate of drug-likeness (QED) is 0.398. The van der Waals surface area contributed by atoms with E-state index in [1.54, 1.807) is 0 Å². The first-order chi connectivity index (χ1) is 19.4. The summed E-state index contributed by atoms with van der Waals surface area (Å²) in [6.45, 7) is 6.26. The molecule has 1 N–H and O–H groups in total. The predicted octanol–water partition coefficient (Wildman–Crippen LogP) is 4.88. The van der Waals surface area contributed by atoms with E-state index in [1.807, 2.05) is 79.7 Å². The minimum absolute atomic E-state index is 0.0347. The van der Waals surface area contributed by atoms with Crippen LogP contribution in [0, 0.1) is 0 Å². The van der Waals surface area contributed by atoms with Gasteiger partial charge in [0, 0.05) is 19.4 Å². The van der Waals surface area contributed by atoms with Gasteiger partial charge in [0.25, 0.3) is 5.91 Å². The summed E-state index contributed by atoms with van der Waals surface area (Å²) in [5.74, 6) is -0.857. The minimum atomic E-state index is -0.493. The van der Waals surface area contributed by atoms with Crippen LogP contribution in [0.15, 0.2) is 79.4 Å². The summed E-state index contributed by atoms with van der Waals surface area (Å²) in [6.07, 6.45) is 1.96. The molecule has 1 heterocycles. The zero-order valence-corrected chi connectivity index (χ0v) is 22.7. The zero-order valence-electron chi connectivity index (χ0n) is 22.7. The number of amides is 2. The van der Waals surface area contributed by atoms with Crippen LogP contribution in [0.5, 0.6) is 0 Å². The Balaban J connectivity index is 1.18. The average Bonchev–Trinajstić information content (AvgIpc) is 3.34. The molecular weight excluding hydrogens is 504 g/mol. The van der Waals surface area contributed by atoms with E-state index in [9.17, 15) is 14.4 Å². The van der Waals surface area contributed by atoms with Crippen LogP contribution < -0.4 is 5.32 Å². The van der Waals surface area contributed by atoms with Crippen molar-refractivity contribution in [1.29, 1.82) is 0 Å². The number of nitrogens with one attached hydrogen (secondary N) is 1. The van der Waals surface area contributed by atoms with Gasteiger partial charge in [-0.2, -0.15) is 5.06 Å². The van der Waals surface area contributed by atoms with Gasteiger partial charge in [-0.25, -0.2) is 4.79 Å². The number of ether oxygens (including phenoxy) is 1. The van der Waals surface area contributed by atoms with E-state index in [4.69, 9.17) is 9.57 Å². The molecule has 5 rings (SSSR count). The third-order valence-corrected chi connectivity index (χ3v) is 7.46. The number of fused-ring (bicyclic) bond motifs is 3. The number of rotatable bonds is 10. The van der Waals surface area contributed by atoms with E-state index in [2.05, 4.69) is 11.9 Å². The molecule has 40 heavy (non-hydrogen) atoms. The number of benzene rings is 3. The van der Waals surface area contributed by atoms with Crippen LogP contribution in [0.25, 0.3) is 5.57 Å². The molecule has 1 aliphatic heterocycles. The predicted molar refractivity (Wildman–Crippen MR) is 152 cm³/mol. The molecule has 3 aromatic rings. The molecule has 1 aliphatic carbocycles. The maximum atomic E-state index is 12.8. The molecule has 0 radical (unpaired) electrons. The minimum Gasteiger partial charge on any atom is -0.365 e. The SMILES string of the molecule is C=C(C)c1ccc(CNC(=O)CCc2ccc3c(c2)[C@@H]2[C@H](C3)OCC(=O)N2OC(=O)CCc2ccccc2)cc1. The number of allylic oxidation sites excluding steroid dienone is 1. The maximum absolute atomic E-state index is 12.8. The molecular formula is C33H34N2O5. The van der Waals surface area contributed by atoms with E-state index < -0.39 is 12.0 Å². The second-order valence-corrected chi connectivity index (χ2v) is 10.5. The van der Waals surface area contributed by atoms with Crippen molar-refractivity contribution in [3.8, 4) is 0 Å². The molecule has 2 atom stereocenters. The summed E-state index contributed by atoms with van der Waals surface area (Å²) in [7, 11) is 0. The Bertz CT molecular complexity index is 1400. The van der Waals surface area contributed by atoms with E-state index in [1.165, 1.54) is 5.06 Å². The lowest BCUT2D eigenvalue weighted by atomic mass is 10.0. The fourth-order valence-corrected chi connectivity index (χ4v) is 5.22. The van der Waals surface area contributed by atoms with Crippen molar-refractivity contribution in [2.45, 2.75) is 57.7 Å². The second-order valence-electron chi connectivity index (χ2n) is 10.5. The van der Waals surface area contributed by atoms with Gasteiger partial charge < -0.3 is 14.9 Å². The highest BCUT2D eigenvalue weighted by atomic mass is 16.7. The number of carbonyl (C=O) groups is 3. The van der Waals surface area contributed by atoms with Gasteiger partial charge in [0.2, 0.25) is 5.91 Å². The number of carbonyl (C=O) groups excluding carboxylic acids is 3. The smallest absolute Gasteiger partial charge is 0.332 e. The van der Waals surface area contributed by atoms with Gasteiger partial charge in [-0.1, -0.05) is 84.9 Å². The Morgan fingerprint density at radius 3 is 2.45 bits per heavy atom. The number of morpholine rings is 1. The highest BCUT2D eigenvalue weighted by Crippen LogP contribution is 2.41. The van der Waals surface area contributed by atoms with Crippen molar-refractivity contribution in [2.24, 2.45) is 0 Å². The average molecular weight is 539 g/mol. The van der Waals surface area contributed by atoms with Crippen LogP contribution in [0.3, 0.4) is 0 Å². The van der Waals surface area contributed by atoms with Crippen molar-refractivity contribution in [3.63, 3.8) is 0 Å². The number of hydrogen-bond acceptors (Lipinski definition) is 5. The molecule has 7 nitrogen and oxygen atoms in total. The summed E-state index contributed by atoms with van der Waals surface area (Å²) in [5, 5.41) is 4.19. The van der Waals surface area contributed by atoms with Gasteiger partial charge >= 0.3 is 5.97 Å². The van der Waals surface area contributed by atoms with Gasteiger partial charge in [0.15, 0.2) is 0 Å². The molecule has 7 heteroatoms. The highest BCUT2D eigenvalue weighted by molar-refractivity contribution is 5.81. The topological polar surface area (TPSA) is 84.9 Å². The molecule has 3 aromatic carbocycles. The number of nitrogens with zero attached hydrogens (tertiary/aromatic N) is 1. The lowest BCUT2D eigenvalue weighted by Crippen LogP contribution is -2.48. The number of hydrogen-bond donors (Lipinski definition) is 1. The Morgan fingerprint density at radius 1 is 0.975 bits per heavy atom. The zero-order chi connectivity index (χ0) is 28.1. The van der Waals surface area contributed by atoms with Crippen molar-refractivity contribution in [1.82, 2.24) is 10.4 Å². The molecule has 2 amide bonds. The lowest BCUT2D eigenvalue weighted by Gasteiger charge is -2.35. The van der Waals surface area contributed by atoms with Crippen LogP contribution in [0.4, 0.5) is 0 Å². The monoisotopic (exact) mass is 538 g/mol. The molecule has 2 aliphatic rings. The van der Waals surface area contributed by atoms with Gasteiger partial charge in [-0.15, -0.1) is 0 Å². The van der Waals surface area contributed by atoms with E-state index >= 15 is 0 Å².